The van der Waals surface area contributed by atoms with Crippen LogP contribution in [0, 0.1) is 11.8 Å². The van der Waals surface area contributed by atoms with Crippen molar-refractivity contribution in [1.29, 1.82) is 0 Å². The monoisotopic (exact) mass is 465 g/mol. The number of piperidine rings is 1. The van der Waals surface area contributed by atoms with E-state index >= 15 is 0 Å². The number of halogens is 2. The zero-order chi connectivity index (χ0) is 20.1. The van der Waals surface area contributed by atoms with Gasteiger partial charge in [-0.05, 0) is 99.1 Å². The van der Waals surface area contributed by atoms with E-state index in [-0.39, 0.29) is 36.6 Å². The van der Waals surface area contributed by atoms with E-state index in [4.69, 9.17) is 0 Å². The van der Waals surface area contributed by atoms with Crippen LogP contribution < -0.4 is 16.0 Å². The van der Waals surface area contributed by atoms with Crippen LogP contribution in [0.5, 0.6) is 0 Å². The first-order valence-corrected chi connectivity index (χ1v) is 10.8. The Kier molecular flexibility index (Phi) is 10.1. The van der Waals surface area contributed by atoms with E-state index in [2.05, 4.69) is 46.3 Å². The lowest BCUT2D eigenvalue weighted by Crippen LogP contribution is -2.27. The molecule has 2 saturated heterocycles. The van der Waals surface area contributed by atoms with Gasteiger partial charge in [-0.2, -0.15) is 0 Å². The molecule has 4 rings (SSSR count). The predicted octanol–water partition coefficient (Wildman–Crippen LogP) is 4.59. The quantitative estimate of drug-likeness (QED) is 0.480. The van der Waals surface area contributed by atoms with Gasteiger partial charge in [0.2, 0.25) is 0 Å². The summed E-state index contributed by atoms with van der Waals surface area (Å²) in [7, 11) is 0. The van der Waals surface area contributed by atoms with Gasteiger partial charge < -0.3 is 21.1 Å². The number of rotatable bonds is 7. The Morgan fingerprint density at radius 3 is 2.32 bits per heavy atom. The summed E-state index contributed by atoms with van der Waals surface area (Å²) in [5.74, 6) is -0.179. The molecule has 7 heteroatoms. The molecule has 2 atom stereocenters. The molecule has 0 spiro atoms. The van der Waals surface area contributed by atoms with E-state index in [1.54, 1.807) is 0 Å². The van der Waals surface area contributed by atoms with Gasteiger partial charge in [0.25, 0.3) is 0 Å². The van der Waals surface area contributed by atoms with Crippen LogP contribution in [-0.2, 0) is 11.2 Å². The molecule has 0 radical (unpaired) electrons. The maximum atomic E-state index is 11.8. The fourth-order valence-corrected chi connectivity index (χ4v) is 4.70. The SMILES string of the molecule is Cl.Cl.O=C(O)[C@@H](Cc1cccc(Nc2cccc(C3CCNCC3)c2)c1)[C@H]1CCNC1. The Morgan fingerprint density at radius 2 is 1.65 bits per heavy atom. The van der Waals surface area contributed by atoms with Crippen LogP contribution in [0.3, 0.4) is 0 Å². The number of carboxylic acid groups (broad SMARTS) is 1. The van der Waals surface area contributed by atoms with Crippen molar-refractivity contribution in [3.63, 3.8) is 0 Å². The van der Waals surface area contributed by atoms with Gasteiger partial charge in [0.15, 0.2) is 0 Å². The van der Waals surface area contributed by atoms with Gasteiger partial charge in [0.1, 0.15) is 0 Å². The van der Waals surface area contributed by atoms with Crippen molar-refractivity contribution in [3.05, 3.63) is 59.7 Å². The number of aliphatic carboxylic acids is 1. The predicted molar refractivity (Wildman–Crippen MR) is 131 cm³/mol. The molecule has 2 fully saturated rings. The van der Waals surface area contributed by atoms with Gasteiger partial charge in [0.05, 0.1) is 5.92 Å². The van der Waals surface area contributed by atoms with Crippen LogP contribution in [0.1, 0.15) is 36.3 Å². The van der Waals surface area contributed by atoms with Crippen molar-refractivity contribution in [3.8, 4) is 0 Å². The maximum absolute atomic E-state index is 11.8. The molecular formula is C24H33Cl2N3O2. The van der Waals surface area contributed by atoms with E-state index in [0.29, 0.717) is 12.3 Å². The van der Waals surface area contributed by atoms with Crippen LogP contribution in [-0.4, -0.2) is 37.3 Å². The zero-order valence-corrected chi connectivity index (χ0v) is 19.3. The van der Waals surface area contributed by atoms with Crippen molar-refractivity contribution < 1.29 is 9.90 Å². The second-order valence-corrected chi connectivity index (χ2v) is 8.38. The van der Waals surface area contributed by atoms with Crippen molar-refractivity contribution >= 4 is 42.2 Å². The molecule has 0 unspecified atom stereocenters. The minimum Gasteiger partial charge on any atom is -0.481 e. The fraction of sp³-hybridized carbons (Fsp3) is 0.458. The highest BCUT2D eigenvalue weighted by Gasteiger charge is 2.30. The van der Waals surface area contributed by atoms with Gasteiger partial charge in [-0.1, -0.05) is 24.3 Å². The van der Waals surface area contributed by atoms with Crippen molar-refractivity contribution in [2.75, 3.05) is 31.5 Å². The highest BCUT2D eigenvalue weighted by atomic mass is 35.5. The van der Waals surface area contributed by atoms with E-state index in [1.807, 2.05) is 18.2 Å². The standard InChI is InChI=1S/C24H31N3O2.2ClH/c28-24(29)23(20-9-12-26-16-20)14-17-3-1-5-21(13-17)27-22-6-2-4-19(15-22)18-7-10-25-11-8-18;;/h1-6,13,15,18,20,23,25-27H,7-12,14,16H2,(H,28,29);2*1H/t20-,23-;;/m0../s1. The van der Waals surface area contributed by atoms with E-state index in [9.17, 15) is 9.90 Å². The molecule has 0 saturated carbocycles. The molecule has 2 aliphatic heterocycles. The molecule has 31 heavy (non-hydrogen) atoms. The summed E-state index contributed by atoms with van der Waals surface area (Å²) in [4.78, 5) is 11.8. The fourth-order valence-electron chi connectivity index (χ4n) is 4.70. The maximum Gasteiger partial charge on any atom is 0.307 e. The Morgan fingerprint density at radius 1 is 0.968 bits per heavy atom. The van der Waals surface area contributed by atoms with Gasteiger partial charge in [0, 0.05) is 11.4 Å². The lowest BCUT2D eigenvalue weighted by Gasteiger charge is -2.23. The molecule has 2 aromatic rings. The summed E-state index contributed by atoms with van der Waals surface area (Å²) in [6, 6.07) is 16.9. The average molecular weight is 466 g/mol. The number of carbonyl (C=O) groups is 1. The first-order valence-electron chi connectivity index (χ1n) is 10.8. The third-order valence-electron chi connectivity index (χ3n) is 6.35. The Labute approximate surface area is 197 Å². The van der Waals surface area contributed by atoms with Crippen molar-refractivity contribution in [2.45, 2.75) is 31.6 Å². The van der Waals surface area contributed by atoms with Gasteiger partial charge in [-0.3, -0.25) is 4.79 Å². The van der Waals surface area contributed by atoms with Gasteiger partial charge >= 0.3 is 5.97 Å². The normalized spacial score (nSPS) is 19.7. The minimum atomic E-state index is -0.688. The van der Waals surface area contributed by atoms with Crippen LogP contribution in [0.2, 0.25) is 0 Å². The van der Waals surface area contributed by atoms with Crippen LogP contribution in [0.15, 0.2) is 48.5 Å². The molecule has 4 N–H and O–H groups in total. The Hall–Kier alpha value is -1.79. The summed E-state index contributed by atoms with van der Waals surface area (Å²) in [6.45, 7) is 3.90. The Bertz CT molecular complexity index is 837. The molecular weight excluding hydrogens is 433 g/mol. The van der Waals surface area contributed by atoms with E-state index < -0.39 is 5.97 Å². The lowest BCUT2D eigenvalue weighted by atomic mass is 9.86. The highest BCUT2D eigenvalue weighted by Crippen LogP contribution is 2.29. The topological polar surface area (TPSA) is 73.4 Å². The van der Waals surface area contributed by atoms with Gasteiger partial charge in [-0.15, -0.1) is 24.8 Å². The number of hydrogen-bond acceptors (Lipinski definition) is 4. The molecule has 5 nitrogen and oxygen atoms in total. The molecule has 0 aromatic heterocycles. The molecule has 2 heterocycles. The first kappa shape index (κ1) is 25.5. The lowest BCUT2D eigenvalue weighted by molar-refractivity contribution is -0.143. The second-order valence-electron chi connectivity index (χ2n) is 8.38. The van der Waals surface area contributed by atoms with E-state index in [1.165, 1.54) is 18.4 Å². The summed E-state index contributed by atoms with van der Waals surface area (Å²) < 4.78 is 0. The molecule has 2 aliphatic rings. The Balaban J connectivity index is 0.00000171. The van der Waals surface area contributed by atoms with Crippen LogP contribution in [0.25, 0.3) is 0 Å². The molecule has 0 amide bonds. The van der Waals surface area contributed by atoms with Gasteiger partial charge in [-0.25, -0.2) is 0 Å². The number of anilines is 2. The third-order valence-corrected chi connectivity index (χ3v) is 6.35. The average Bonchev–Trinajstić information content (AvgIpc) is 3.27. The number of carboxylic acids is 1. The van der Waals surface area contributed by atoms with Crippen LogP contribution >= 0.6 is 24.8 Å². The second kappa shape index (κ2) is 12.3. The molecule has 0 bridgehead atoms. The van der Waals surface area contributed by atoms with E-state index in [0.717, 1.165) is 49.5 Å². The summed E-state index contributed by atoms with van der Waals surface area (Å²) in [6.07, 6.45) is 3.89. The molecule has 170 valence electrons. The summed E-state index contributed by atoms with van der Waals surface area (Å²) in [5, 5.41) is 19.9. The highest BCUT2D eigenvalue weighted by molar-refractivity contribution is 5.85. The molecule has 0 aliphatic carbocycles. The number of nitrogens with one attached hydrogen (secondary N) is 3. The zero-order valence-electron chi connectivity index (χ0n) is 17.7. The summed E-state index contributed by atoms with van der Waals surface area (Å²) in [5.41, 5.74) is 4.57. The molecule has 2 aromatic carbocycles. The van der Waals surface area contributed by atoms with Crippen LogP contribution in [0.4, 0.5) is 11.4 Å². The third kappa shape index (κ3) is 6.84. The number of hydrogen-bond donors (Lipinski definition) is 4. The number of benzene rings is 2. The minimum absolute atomic E-state index is 0. The first-order chi connectivity index (χ1) is 14.2. The van der Waals surface area contributed by atoms with Crippen molar-refractivity contribution in [2.24, 2.45) is 11.8 Å². The van der Waals surface area contributed by atoms with Crippen molar-refractivity contribution in [1.82, 2.24) is 10.6 Å². The largest absolute Gasteiger partial charge is 0.481 e. The summed E-state index contributed by atoms with van der Waals surface area (Å²) >= 11 is 0. The smallest absolute Gasteiger partial charge is 0.307 e.